The van der Waals surface area contributed by atoms with Gasteiger partial charge in [0.1, 0.15) is 12.7 Å². The van der Waals surface area contributed by atoms with Gasteiger partial charge in [0.2, 0.25) is 0 Å². The number of nitrogens with zero attached hydrogens (tertiary/aromatic N) is 1. The van der Waals surface area contributed by atoms with Crippen molar-refractivity contribution in [1.82, 2.24) is 4.90 Å². The van der Waals surface area contributed by atoms with Gasteiger partial charge in [-0.1, -0.05) is 120 Å². The van der Waals surface area contributed by atoms with Gasteiger partial charge < -0.3 is 14.4 Å². The maximum absolute atomic E-state index is 12.4. The molecule has 0 spiro atoms. The van der Waals surface area contributed by atoms with Gasteiger partial charge in [-0.15, -0.1) is 0 Å². The molecule has 0 saturated heterocycles. The topological polar surface area (TPSA) is 55.8 Å². The van der Waals surface area contributed by atoms with Crippen molar-refractivity contribution >= 4 is 55.1 Å². The Kier molecular flexibility index (Phi) is 34.5. The standard InChI is InChI=1S/C34H63NO4S4/c1-5-7-9-11-13-14-16-20-28-42-43-30-22-24-33(36)38-31-32(25-26-35(3)4)39-34(37)23-18-17-21-29-41-40-27-19-15-12-10-8-6-2/h14,16,19,27,32H,5-13,15,17-18,20-26,28-31H2,1-4H3/b16-14-,27-19-/t32-/m0/s1. The van der Waals surface area contributed by atoms with Gasteiger partial charge >= 0.3 is 11.9 Å². The summed E-state index contributed by atoms with van der Waals surface area (Å²) in [6.45, 7) is 5.41. The largest absolute Gasteiger partial charge is 0.462 e. The van der Waals surface area contributed by atoms with E-state index < -0.39 is 0 Å². The fraction of sp³-hybridized carbons (Fsp3) is 0.824. The summed E-state index contributed by atoms with van der Waals surface area (Å²) in [4.78, 5) is 26.8. The van der Waals surface area contributed by atoms with E-state index in [9.17, 15) is 9.59 Å². The molecule has 0 aliphatic heterocycles. The lowest BCUT2D eigenvalue weighted by Gasteiger charge is -2.20. The van der Waals surface area contributed by atoms with E-state index in [1.54, 1.807) is 0 Å². The van der Waals surface area contributed by atoms with Crippen LogP contribution in [0.5, 0.6) is 0 Å². The molecule has 0 aromatic carbocycles. The lowest BCUT2D eigenvalue weighted by Crippen LogP contribution is -2.29. The maximum Gasteiger partial charge on any atom is 0.306 e. The van der Waals surface area contributed by atoms with E-state index in [0.29, 0.717) is 19.3 Å². The summed E-state index contributed by atoms with van der Waals surface area (Å²) in [5.41, 5.74) is 0. The van der Waals surface area contributed by atoms with E-state index in [0.717, 1.165) is 55.9 Å². The first-order valence-electron chi connectivity index (χ1n) is 16.8. The molecule has 1 atom stereocenters. The van der Waals surface area contributed by atoms with E-state index in [2.05, 4.69) is 42.4 Å². The summed E-state index contributed by atoms with van der Waals surface area (Å²) in [5.74, 6) is 2.74. The number of hydrogen-bond acceptors (Lipinski definition) is 9. The second-order valence-electron chi connectivity index (χ2n) is 11.2. The Labute approximate surface area is 281 Å². The first-order valence-corrected chi connectivity index (χ1v) is 21.7. The van der Waals surface area contributed by atoms with Crippen LogP contribution in [0.2, 0.25) is 0 Å². The fourth-order valence-electron chi connectivity index (χ4n) is 4.01. The van der Waals surface area contributed by atoms with Crippen LogP contribution in [0.15, 0.2) is 23.6 Å². The molecule has 0 heterocycles. The third-order valence-corrected chi connectivity index (χ3v) is 11.3. The number of esters is 2. The highest BCUT2D eigenvalue weighted by Gasteiger charge is 2.17. The highest BCUT2D eigenvalue weighted by Crippen LogP contribution is 2.25. The van der Waals surface area contributed by atoms with Crippen molar-refractivity contribution in [2.24, 2.45) is 0 Å². The molecule has 0 rings (SSSR count). The van der Waals surface area contributed by atoms with Gasteiger partial charge in [-0.25, -0.2) is 0 Å². The van der Waals surface area contributed by atoms with Crippen LogP contribution in [0.3, 0.4) is 0 Å². The average molecular weight is 678 g/mol. The van der Waals surface area contributed by atoms with Crippen molar-refractivity contribution in [1.29, 1.82) is 0 Å². The van der Waals surface area contributed by atoms with Crippen molar-refractivity contribution in [3.05, 3.63) is 23.6 Å². The monoisotopic (exact) mass is 677 g/mol. The molecule has 0 aliphatic rings. The Bertz CT molecular complexity index is 691. The fourth-order valence-corrected chi connectivity index (χ4v) is 7.91. The van der Waals surface area contributed by atoms with Crippen LogP contribution >= 0.6 is 43.2 Å². The van der Waals surface area contributed by atoms with Gasteiger partial charge in [0, 0.05) is 43.1 Å². The van der Waals surface area contributed by atoms with E-state index in [4.69, 9.17) is 9.47 Å². The summed E-state index contributed by atoms with van der Waals surface area (Å²) in [6.07, 6.45) is 25.8. The van der Waals surface area contributed by atoms with E-state index in [1.807, 2.05) is 57.3 Å². The maximum atomic E-state index is 12.4. The lowest BCUT2D eigenvalue weighted by molar-refractivity contribution is -0.159. The number of carbonyl (C=O) groups excluding carboxylic acids is 2. The first kappa shape index (κ1) is 42.8. The molecule has 9 heteroatoms. The van der Waals surface area contributed by atoms with Crippen molar-refractivity contribution < 1.29 is 19.1 Å². The molecular weight excluding hydrogens is 615 g/mol. The Balaban J connectivity index is 3.91. The Morgan fingerprint density at radius 2 is 1.30 bits per heavy atom. The summed E-state index contributed by atoms with van der Waals surface area (Å²) in [7, 11) is 11.4. The quantitative estimate of drug-likeness (QED) is 0.0299. The Morgan fingerprint density at radius 1 is 0.674 bits per heavy atom. The summed E-state index contributed by atoms with van der Waals surface area (Å²) < 4.78 is 11.2. The number of unbranched alkanes of at least 4 members (excludes halogenated alkanes) is 10. The molecule has 0 aromatic rings. The minimum absolute atomic E-state index is 0.144. The van der Waals surface area contributed by atoms with Crippen LogP contribution in [0.25, 0.3) is 0 Å². The predicted molar refractivity (Wildman–Crippen MR) is 197 cm³/mol. The second kappa shape index (κ2) is 34.6. The van der Waals surface area contributed by atoms with Crippen LogP contribution in [-0.2, 0) is 19.1 Å². The molecule has 0 radical (unpaired) electrons. The third-order valence-electron chi connectivity index (χ3n) is 6.63. The highest BCUT2D eigenvalue weighted by atomic mass is 33.1. The molecule has 0 aromatic heterocycles. The van der Waals surface area contributed by atoms with Gasteiger partial charge in [0.25, 0.3) is 0 Å². The summed E-state index contributed by atoms with van der Waals surface area (Å²) in [5, 5.41) is 2.21. The lowest BCUT2D eigenvalue weighted by atomic mass is 10.1. The second-order valence-corrected chi connectivity index (χ2v) is 16.3. The average Bonchev–Trinajstić information content (AvgIpc) is 2.99. The highest BCUT2D eigenvalue weighted by molar-refractivity contribution is 8.77. The first-order chi connectivity index (χ1) is 21.0. The van der Waals surface area contributed by atoms with Crippen LogP contribution < -0.4 is 0 Å². The molecule has 43 heavy (non-hydrogen) atoms. The van der Waals surface area contributed by atoms with Crippen LogP contribution in [0.4, 0.5) is 0 Å². The number of rotatable bonds is 32. The summed E-state index contributed by atoms with van der Waals surface area (Å²) >= 11 is 0. The van der Waals surface area contributed by atoms with Gasteiger partial charge in [-0.3, -0.25) is 9.59 Å². The van der Waals surface area contributed by atoms with Crippen LogP contribution in [-0.4, -0.2) is 67.4 Å². The zero-order valence-corrected chi connectivity index (χ0v) is 31.1. The normalized spacial score (nSPS) is 12.5. The van der Waals surface area contributed by atoms with Gasteiger partial charge in [0.15, 0.2) is 0 Å². The number of ether oxygens (including phenoxy) is 2. The van der Waals surface area contributed by atoms with Gasteiger partial charge in [-0.05, 0) is 70.9 Å². The molecule has 252 valence electrons. The molecule has 0 amide bonds. The molecule has 0 unspecified atom stereocenters. The number of carbonyl (C=O) groups is 2. The van der Waals surface area contributed by atoms with E-state index >= 15 is 0 Å². The van der Waals surface area contributed by atoms with E-state index in [-0.39, 0.29) is 24.6 Å². The SMILES string of the molecule is CCCCCC/C=C\CCSSCCCC(=O)OC[C@H](CCN(C)C)OC(=O)CCCCCSS/C=C\CCCCCC. The predicted octanol–water partition coefficient (Wildman–Crippen LogP) is 10.9. The Morgan fingerprint density at radius 3 is 2.02 bits per heavy atom. The zero-order chi connectivity index (χ0) is 31.6. The smallest absolute Gasteiger partial charge is 0.306 e. The van der Waals surface area contributed by atoms with Gasteiger partial charge in [-0.2, -0.15) is 0 Å². The minimum atomic E-state index is -0.385. The molecular formula is C34H63NO4S4. The molecule has 5 nitrogen and oxygen atoms in total. The number of hydrogen-bond donors (Lipinski definition) is 0. The Hall–Kier alpha value is -0.220. The molecule has 0 saturated carbocycles. The van der Waals surface area contributed by atoms with E-state index in [1.165, 1.54) is 64.2 Å². The molecule has 0 bridgehead atoms. The van der Waals surface area contributed by atoms with Crippen LogP contribution in [0, 0.1) is 0 Å². The molecule has 0 aliphatic carbocycles. The number of allylic oxidation sites excluding steroid dienone is 3. The van der Waals surface area contributed by atoms with Crippen molar-refractivity contribution in [3.63, 3.8) is 0 Å². The minimum Gasteiger partial charge on any atom is -0.462 e. The third kappa shape index (κ3) is 34.5. The van der Waals surface area contributed by atoms with Crippen molar-refractivity contribution in [2.75, 3.05) is 44.5 Å². The summed E-state index contributed by atoms with van der Waals surface area (Å²) in [6, 6.07) is 0. The van der Waals surface area contributed by atoms with Crippen molar-refractivity contribution in [2.45, 2.75) is 136 Å². The van der Waals surface area contributed by atoms with Gasteiger partial charge in [0.05, 0.1) is 0 Å². The van der Waals surface area contributed by atoms with Crippen molar-refractivity contribution in [3.8, 4) is 0 Å². The molecule has 0 fully saturated rings. The van der Waals surface area contributed by atoms with Crippen LogP contribution in [0.1, 0.15) is 129 Å². The zero-order valence-electron chi connectivity index (χ0n) is 27.9. The molecule has 0 N–H and O–H groups in total.